The molecule has 0 atom stereocenters. The van der Waals surface area contributed by atoms with E-state index in [2.05, 4.69) is 26.1 Å². The van der Waals surface area contributed by atoms with Crippen molar-refractivity contribution >= 4 is 27.7 Å². The van der Waals surface area contributed by atoms with E-state index in [-0.39, 0.29) is 6.61 Å². The molecular weight excluding hydrogens is 330 g/mol. The first kappa shape index (κ1) is 14.4. The third-order valence-electron chi connectivity index (χ3n) is 2.48. The molecule has 0 aliphatic rings. The van der Waals surface area contributed by atoms with Gasteiger partial charge in [-0.2, -0.15) is 0 Å². The number of benzene rings is 1. The van der Waals surface area contributed by atoms with E-state index in [0.717, 1.165) is 21.1 Å². The standard InChI is InChI=1S/C12H14BrN3O2S/c1-16-11(8-17)14-15-12(16)19-7-6-18-10-5-3-2-4-9(10)13/h2-5,17H,6-8H2,1H3. The summed E-state index contributed by atoms with van der Waals surface area (Å²) >= 11 is 4.98. The molecule has 7 heteroatoms. The third-order valence-corrected chi connectivity index (χ3v) is 4.11. The van der Waals surface area contributed by atoms with Crippen LogP contribution in [-0.2, 0) is 13.7 Å². The Morgan fingerprint density at radius 1 is 1.37 bits per heavy atom. The maximum absolute atomic E-state index is 9.02. The lowest BCUT2D eigenvalue weighted by atomic mass is 10.3. The smallest absolute Gasteiger partial charge is 0.191 e. The minimum Gasteiger partial charge on any atom is -0.492 e. The number of aromatic nitrogens is 3. The number of hydrogen-bond acceptors (Lipinski definition) is 5. The molecule has 1 aromatic heterocycles. The Morgan fingerprint density at radius 2 is 2.16 bits per heavy atom. The van der Waals surface area contributed by atoms with Crippen molar-refractivity contribution in [1.29, 1.82) is 0 Å². The van der Waals surface area contributed by atoms with E-state index in [1.165, 1.54) is 0 Å². The molecule has 1 N–H and O–H groups in total. The summed E-state index contributed by atoms with van der Waals surface area (Å²) in [7, 11) is 1.84. The van der Waals surface area contributed by atoms with Gasteiger partial charge in [-0.1, -0.05) is 23.9 Å². The van der Waals surface area contributed by atoms with E-state index in [1.54, 1.807) is 16.3 Å². The van der Waals surface area contributed by atoms with Crippen LogP contribution in [0.2, 0.25) is 0 Å². The summed E-state index contributed by atoms with van der Waals surface area (Å²) in [4.78, 5) is 0. The molecule has 0 aliphatic carbocycles. The lowest BCUT2D eigenvalue weighted by Gasteiger charge is -2.07. The molecule has 2 aromatic rings. The molecule has 19 heavy (non-hydrogen) atoms. The van der Waals surface area contributed by atoms with Gasteiger partial charge in [0.25, 0.3) is 0 Å². The Hall–Kier alpha value is -1.05. The molecule has 0 amide bonds. The maximum atomic E-state index is 9.02. The van der Waals surface area contributed by atoms with Gasteiger partial charge in [-0.3, -0.25) is 0 Å². The highest BCUT2D eigenvalue weighted by molar-refractivity contribution is 9.10. The number of halogens is 1. The first-order valence-corrected chi connectivity index (χ1v) is 7.49. The highest BCUT2D eigenvalue weighted by Gasteiger charge is 2.08. The number of aliphatic hydroxyl groups is 1. The molecule has 0 saturated carbocycles. The molecule has 102 valence electrons. The molecule has 0 fully saturated rings. The van der Waals surface area contributed by atoms with Crippen molar-refractivity contribution in [2.75, 3.05) is 12.4 Å². The number of hydrogen-bond donors (Lipinski definition) is 1. The van der Waals surface area contributed by atoms with Crippen molar-refractivity contribution < 1.29 is 9.84 Å². The van der Waals surface area contributed by atoms with Crippen LogP contribution < -0.4 is 4.74 Å². The zero-order valence-electron chi connectivity index (χ0n) is 10.4. The van der Waals surface area contributed by atoms with Crippen molar-refractivity contribution in [3.05, 3.63) is 34.6 Å². The minimum absolute atomic E-state index is 0.0997. The number of aliphatic hydroxyl groups excluding tert-OH is 1. The molecular formula is C12H14BrN3O2S. The Labute approximate surface area is 124 Å². The van der Waals surface area contributed by atoms with E-state index in [1.807, 2.05) is 31.3 Å². The normalized spacial score (nSPS) is 10.7. The lowest BCUT2D eigenvalue weighted by Crippen LogP contribution is -2.03. The topological polar surface area (TPSA) is 60.2 Å². The van der Waals surface area contributed by atoms with E-state index in [4.69, 9.17) is 9.84 Å². The summed E-state index contributed by atoms with van der Waals surface area (Å²) in [5.41, 5.74) is 0. The van der Waals surface area contributed by atoms with Gasteiger partial charge in [0.05, 0.1) is 11.1 Å². The van der Waals surface area contributed by atoms with Crippen LogP contribution in [0.4, 0.5) is 0 Å². The average Bonchev–Trinajstić information content (AvgIpc) is 2.77. The van der Waals surface area contributed by atoms with E-state index in [0.29, 0.717) is 12.4 Å². The number of nitrogens with zero attached hydrogens (tertiary/aromatic N) is 3. The van der Waals surface area contributed by atoms with E-state index in [9.17, 15) is 0 Å². The monoisotopic (exact) mass is 343 g/mol. The number of ether oxygens (including phenoxy) is 1. The van der Waals surface area contributed by atoms with Crippen molar-refractivity contribution in [1.82, 2.24) is 14.8 Å². The van der Waals surface area contributed by atoms with Gasteiger partial charge in [0, 0.05) is 12.8 Å². The van der Waals surface area contributed by atoms with Crippen LogP contribution in [0.5, 0.6) is 5.75 Å². The zero-order chi connectivity index (χ0) is 13.7. The van der Waals surface area contributed by atoms with Gasteiger partial charge in [0.1, 0.15) is 12.4 Å². The van der Waals surface area contributed by atoms with Crippen LogP contribution in [0.15, 0.2) is 33.9 Å². The summed E-state index contributed by atoms with van der Waals surface area (Å²) in [6.45, 7) is 0.478. The van der Waals surface area contributed by atoms with Crippen LogP contribution >= 0.6 is 27.7 Å². The minimum atomic E-state index is -0.0997. The zero-order valence-corrected chi connectivity index (χ0v) is 12.8. The summed E-state index contributed by atoms with van der Waals surface area (Å²) in [6, 6.07) is 7.74. The van der Waals surface area contributed by atoms with Crippen molar-refractivity contribution in [3.63, 3.8) is 0 Å². The lowest BCUT2D eigenvalue weighted by molar-refractivity contribution is 0.266. The van der Waals surface area contributed by atoms with Gasteiger partial charge in [-0.05, 0) is 28.1 Å². The highest BCUT2D eigenvalue weighted by Crippen LogP contribution is 2.24. The fourth-order valence-corrected chi connectivity index (χ4v) is 2.60. The number of para-hydroxylation sites is 1. The van der Waals surface area contributed by atoms with Gasteiger partial charge in [-0.15, -0.1) is 10.2 Å². The number of rotatable bonds is 6. The second-order valence-corrected chi connectivity index (χ2v) is 5.66. The Bertz CT molecular complexity index is 548. The quantitative estimate of drug-likeness (QED) is 0.643. The average molecular weight is 344 g/mol. The summed E-state index contributed by atoms with van der Waals surface area (Å²) in [5, 5.41) is 17.7. The molecule has 1 aromatic carbocycles. The Kier molecular flexibility index (Phi) is 5.24. The largest absolute Gasteiger partial charge is 0.492 e. The first-order chi connectivity index (χ1) is 9.22. The number of thioether (sulfide) groups is 1. The van der Waals surface area contributed by atoms with Crippen LogP contribution in [-0.4, -0.2) is 32.2 Å². The van der Waals surface area contributed by atoms with Crippen molar-refractivity contribution in [3.8, 4) is 5.75 Å². The van der Waals surface area contributed by atoms with Gasteiger partial charge >= 0.3 is 0 Å². The van der Waals surface area contributed by atoms with E-state index >= 15 is 0 Å². The predicted molar refractivity (Wildman–Crippen MR) is 77.3 cm³/mol. The Morgan fingerprint density at radius 3 is 2.84 bits per heavy atom. The van der Waals surface area contributed by atoms with Gasteiger partial charge in [-0.25, -0.2) is 0 Å². The fraction of sp³-hybridized carbons (Fsp3) is 0.333. The van der Waals surface area contributed by atoms with Crippen LogP contribution in [0.25, 0.3) is 0 Å². The highest BCUT2D eigenvalue weighted by atomic mass is 79.9. The third kappa shape index (κ3) is 3.71. The maximum Gasteiger partial charge on any atom is 0.191 e. The summed E-state index contributed by atoms with van der Waals surface area (Å²) in [5.74, 6) is 2.16. The summed E-state index contributed by atoms with van der Waals surface area (Å²) < 4.78 is 8.38. The molecule has 1 heterocycles. The second-order valence-electron chi connectivity index (χ2n) is 3.74. The molecule has 0 spiro atoms. The molecule has 0 bridgehead atoms. The van der Waals surface area contributed by atoms with Crippen LogP contribution in [0, 0.1) is 0 Å². The Balaban J connectivity index is 1.81. The van der Waals surface area contributed by atoms with E-state index < -0.39 is 0 Å². The van der Waals surface area contributed by atoms with Crippen LogP contribution in [0.3, 0.4) is 0 Å². The first-order valence-electron chi connectivity index (χ1n) is 5.71. The molecule has 0 radical (unpaired) electrons. The molecule has 0 aliphatic heterocycles. The molecule has 2 rings (SSSR count). The predicted octanol–water partition coefficient (Wildman–Crippen LogP) is 2.24. The van der Waals surface area contributed by atoms with Crippen molar-refractivity contribution in [2.24, 2.45) is 7.05 Å². The summed E-state index contributed by atoms with van der Waals surface area (Å²) in [6.07, 6.45) is 0. The molecule has 0 saturated heterocycles. The van der Waals surface area contributed by atoms with Crippen LogP contribution in [0.1, 0.15) is 5.82 Å². The fourth-order valence-electron chi connectivity index (χ4n) is 1.45. The van der Waals surface area contributed by atoms with Gasteiger partial charge < -0.3 is 14.4 Å². The molecule has 0 unspecified atom stereocenters. The van der Waals surface area contributed by atoms with Gasteiger partial charge in [0.2, 0.25) is 0 Å². The van der Waals surface area contributed by atoms with Crippen molar-refractivity contribution in [2.45, 2.75) is 11.8 Å². The second kappa shape index (κ2) is 6.93. The van der Waals surface area contributed by atoms with Gasteiger partial charge in [0.15, 0.2) is 11.0 Å². The SMILES string of the molecule is Cn1c(CO)nnc1SCCOc1ccccc1Br. The molecule has 5 nitrogen and oxygen atoms in total.